The highest BCUT2D eigenvalue weighted by molar-refractivity contribution is 7.99. The van der Waals surface area contributed by atoms with Crippen molar-refractivity contribution in [2.75, 3.05) is 7.11 Å². The molecule has 3 aromatic carbocycles. The number of hydrogen-bond donors (Lipinski definition) is 0. The predicted octanol–water partition coefficient (Wildman–Crippen LogP) is 7.51. The van der Waals surface area contributed by atoms with E-state index in [1.807, 2.05) is 66.5 Å². The van der Waals surface area contributed by atoms with Gasteiger partial charge in [-0.25, -0.2) is 4.98 Å². The quantitative estimate of drug-likeness (QED) is 0.219. The van der Waals surface area contributed by atoms with Crippen LogP contribution in [0.1, 0.15) is 21.9 Å². The molecule has 0 saturated heterocycles. The Morgan fingerprint density at radius 1 is 0.906 bits per heavy atom. The SMILES string of the molecule is COc1ccc(CSc2ccc(C(Cn3ccnc3)SCc3ccc(Cl)cc3)cc2)cc1. The fraction of sp³-hybridized carbons (Fsp3) is 0.192. The van der Waals surface area contributed by atoms with Gasteiger partial charge in [-0.2, -0.15) is 0 Å². The van der Waals surface area contributed by atoms with Gasteiger partial charge in [-0.3, -0.25) is 0 Å². The summed E-state index contributed by atoms with van der Waals surface area (Å²) in [6, 6.07) is 25.3. The molecule has 1 heterocycles. The molecule has 4 aromatic rings. The number of rotatable bonds is 10. The van der Waals surface area contributed by atoms with E-state index in [0.717, 1.165) is 28.8 Å². The van der Waals surface area contributed by atoms with Crippen molar-refractivity contribution < 1.29 is 4.74 Å². The number of benzene rings is 3. The van der Waals surface area contributed by atoms with Crippen LogP contribution in [0.4, 0.5) is 0 Å². The Morgan fingerprint density at radius 3 is 2.25 bits per heavy atom. The Morgan fingerprint density at radius 2 is 1.59 bits per heavy atom. The highest BCUT2D eigenvalue weighted by atomic mass is 35.5. The molecule has 164 valence electrons. The Labute approximate surface area is 203 Å². The van der Waals surface area contributed by atoms with Crippen LogP contribution < -0.4 is 4.74 Å². The van der Waals surface area contributed by atoms with Gasteiger partial charge in [0.1, 0.15) is 5.75 Å². The van der Waals surface area contributed by atoms with Crippen LogP contribution in [0.25, 0.3) is 0 Å². The van der Waals surface area contributed by atoms with Gasteiger partial charge in [0.2, 0.25) is 0 Å². The zero-order valence-corrected chi connectivity index (χ0v) is 20.2. The van der Waals surface area contributed by atoms with Crippen molar-refractivity contribution in [3.05, 3.63) is 113 Å². The first-order valence-electron chi connectivity index (χ1n) is 10.4. The first-order chi connectivity index (χ1) is 15.7. The van der Waals surface area contributed by atoms with E-state index in [9.17, 15) is 0 Å². The van der Waals surface area contributed by atoms with Crippen LogP contribution in [0.15, 0.2) is 96.4 Å². The number of methoxy groups -OCH3 is 1. The molecule has 0 bridgehead atoms. The molecule has 0 aliphatic heterocycles. The lowest BCUT2D eigenvalue weighted by atomic mass is 10.1. The zero-order chi connectivity index (χ0) is 22.2. The normalized spacial score (nSPS) is 11.9. The monoisotopic (exact) mass is 480 g/mol. The van der Waals surface area contributed by atoms with E-state index in [1.54, 1.807) is 7.11 Å². The molecular formula is C26H25ClN2OS2. The second-order valence-corrected chi connectivity index (χ2v) is 10.1. The van der Waals surface area contributed by atoms with Crippen molar-refractivity contribution >= 4 is 35.1 Å². The molecular weight excluding hydrogens is 456 g/mol. The van der Waals surface area contributed by atoms with Crippen molar-refractivity contribution in [3.8, 4) is 5.75 Å². The van der Waals surface area contributed by atoms with Crippen molar-refractivity contribution in [2.24, 2.45) is 0 Å². The molecule has 0 amide bonds. The number of ether oxygens (including phenoxy) is 1. The van der Waals surface area contributed by atoms with Gasteiger partial charge in [-0.15, -0.1) is 23.5 Å². The minimum absolute atomic E-state index is 0.334. The number of halogens is 1. The Kier molecular flexibility index (Phi) is 8.21. The second kappa shape index (κ2) is 11.5. The van der Waals surface area contributed by atoms with Gasteiger partial charge in [-0.05, 0) is 53.1 Å². The molecule has 1 atom stereocenters. The van der Waals surface area contributed by atoms with Crippen LogP contribution in [-0.4, -0.2) is 16.7 Å². The molecule has 1 aromatic heterocycles. The molecule has 1 unspecified atom stereocenters. The van der Waals surface area contributed by atoms with Gasteiger partial charge >= 0.3 is 0 Å². The van der Waals surface area contributed by atoms with E-state index in [-0.39, 0.29) is 0 Å². The Hall–Kier alpha value is -2.34. The lowest BCUT2D eigenvalue weighted by Crippen LogP contribution is -2.05. The maximum absolute atomic E-state index is 6.03. The molecule has 0 aliphatic carbocycles. The molecule has 0 radical (unpaired) electrons. The summed E-state index contributed by atoms with van der Waals surface area (Å²) in [6.45, 7) is 0.886. The molecule has 0 saturated carbocycles. The van der Waals surface area contributed by atoms with Gasteiger partial charge in [0.15, 0.2) is 0 Å². The summed E-state index contributed by atoms with van der Waals surface area (Å²) in [6.07, 6.45) is 5.74. The lowest BCUT2D eigenvalue weighted by Gasteiger charge is -2.18. The average molecular weight is 481 g/mol. The summed E-state index contributed by atoms with van der Waals surface area (Å²) in [4.78, 5) is 5.47. The Balaban J connectivity index is 1.41. The van der Waals surface area contributed by atoms with E-state index >= 15 is 0 Å². The maximum Gasteiger partial charge on any atom is 0.118 e. The minimum atomic E-state index is 0.334. The highest BCUT2D eigenvalue weighted by Crippen LogP contribution is 2.35. The molecule has 0 fully saturated rings. The van der Waals surface area contributed by atoms with Gasteiger partial charge < -0.3 is 9.30 Å². The van der Waals surface area contributed by atoms with Crippen LogP contribution in [0.2, 0.25) is 5.02 Å². The first-order valence-corrected chi connectivity index (χ1v) is 12.8. The summed E-state index contributed by atoms with van der Waals surface area (Å²) in [7, 11) is 1.69. The van der Waals surface area contributed by atoms with Crippen LogP contribution in [-0.2, 0) is 18.1 Å². The minimum Gasteiger partial charge on any atom is -0.497 e. The third kappa shape index (κ3) is 6.58. The summed E-state index contributed by atoms with van der Waals surface area (Å²) in [5.74, 6) is 2.76. The zero-order valence-electron chi connectivity index (χ0n) is 17.9. The lowest BCUT2D eigenvalue weighted by molar-refractivity contribution is 0.414. The third-order valence-corrected chi connectivity index (χ3v) is 7.78. The maximum atomic E-state index is 6.03. The summed E-state index contributed by atoms with van der Waals surface area (Å²) >= 11 is 9.82. The van der Waals surface area contributed by atoms with Gasteiger partial charge in [0.25, 0.3) is 0 Å². The van der Waals surface area contributed by atoms with Crippen molar-refractivity contribution in [1.29, 1.82) is 0 Å². The first kappa shape index (κ1) is 22.8. The number of nitrogens with zero attached hydrogens (tertiary/aromatic N) is 2. The van der Waals surface area contributed by atoms with Gasteiger partial charge in [-0.1, -0.05) is 48.0 Å². The van der Waals surface area contributed by atoms with Crippen molar-refractivity contribution in [1.82, 2.24) is 9.55 Å². The Bertz CT molecular complexity index is 1080. The molecule has 0 aliphatic rings. The molecule has 4 rings (SSSR count). The van der Waals surface area contributed by atoms with Gasteiger partial charge in [0.05, 0.1) is 13.4 Å². The average Bonchev–Trinajstić information content (AvgIpc) is 3.35. The smallest absolute Gasteiger partial charge is 0.118 e. The van der Waals surface area contributed by atoms with Gasteiger partial charge in [0, 0.05) is 45.6 Å². The van der Waals surface area contributed by atoms with Crippen LogP contribution in [0.5, 0.6) is 5.75 Å². The van der Waals surface area contributed by atoms with E-state index in [1.165, 1.54) is 21.6 Å². The molecule has 0 spiro atoms. The highest BCUT2D eigenvalue weighted by Gasteiger charge is 2.14. The number of imidazole rings is 1. The van der Waals surface area contributed by atoms with E-state index in [4.69, 9.17) is 16.3 Å². The van der Waals surface area contributed by atoms with E-state index in [0.29, 0.717) is 5.25 Å². The fourth-order valence-electron chi connectivity index (χ4n) is 3.29. The van der Waals surface area contributed by atoms with Crippen molar-refractivity contribution in [3.63, 3.8) is 0 Å². The summed E-state index contributed by atoms with van der Waals surface area (Å²) in [5.41, 5.74) is 3.89. The third-order valence-electron chi connectivity index (χ3n) is 5.12. The molecule has 6 heteroatoms. The topological polar surface area (TPSA) is 27.1 Å². The molecule has 32 heavy (non-hydrogen) atoms. The number of aromatic nitrogens is 2. The van der Waals surface area contributed by atoms with Crippen LogP contribution in [0.3, 0.4) is 0 Å². The molecule has 0 N–H and O–H groups in total. The van der Waals surface area contributed by atoms with Crippen molar-refractivity contribution in [2.45, 2.75) is 28.2 Å². The van der Waals surface area contributed by atoms with E-state index < -0.39 is 0 Å². The standard InChI is InChI=1S/C26H25ClN2OS2/c1-30-24-10-4-21(5-11-24)17-31-25-12-6-22(7-13-25)26(16-29-15-14-28-19-29)32-18-20-2-8-23(27)9-3-20/h2-15,19,26H,16-18H2,1H3. The van der Waals surface area contributed by atoms with E-state index in [2.05, 4.69) is 58.1 Å². The van der Waals surface area contributed by atoms with Crippen LogP contribution >= 0.6 is 35.1 Å². The molecule has 3 nitrogen and oxygen atoms in total. The van der Waals surface area contributed by atoms with Crippen LogP contribution in [0, 0.1) is 0 Å². The number of hydrogen-bond acceptors (Lipinski definition) is 4. The second-order valence-electron chi connectivity index (χ2n) is 7.39. The largest absolute Gasteiger partial charge is 0.497 e. The summed E-state index contributed by atoms with van der Waals surface area (Å²) in [5, 5.41) is 1.11. The predicted molar refractivity (Wildman–Crippen MR) is 137 cm³/mol. The fourth-order valence-corrected chi connectivity index (χ4v) is 5.48. The number of thioether (sulfide) groups is 2. The summed E-state index contributed by atoms with van der Waals surface area (Å²) < 4.78 is 7.38.